The summed E-state index contributed by atoms with van der Waals surface area (Å²) in [6.45, 7) is 6.56. The van der Waals surface area contributed by atoms with Crippen LogP contribution in [0.2, 0.25) is 0 Å². The van der Waals surface area contributed by atoms with Crippen molar-refractivity contribution in [3.8, 4) is 0 Å². The first-order chi connectivity index (χ1) is 16.0. The molecule has 1 saturated carbocycles. The normalized spacial score (nSPS) is 19.2. The van der Waals surface area contributed by atoms with Gasteiger partial charge >= 0.3 is 6.09 Å². The molecule has 2 atom stereocenters. The van der Waals surface area contributed by atoms with Gasteiger partial charge < -0.3 is 25.0 Å². The number of nitrogens with zero attached hydrogens (tertiary/aromatic N) is 2. The number of amides is 2. The molecule has 2 heterocycles. The van der Waals surface area contributed by atoms with E-state index >= 15 is 0 Å². The van der Waals surface area contributed by atoms with Crippen LogP contribution in [0.4, 0.5) is 4.79 Å². The molecule has 0 radical (unpaired) electrons. The largest absolute Gasteiger partial charge is 0.453 e. The van der Waals surface area contributed by atoms with Gasteiger partial charge in [0.25, 0.3) is 5.91 Å². The van der Waals surface area contributed by atoms with Crippen molar-refractivity contribution in [2.24, 2.45) is 0 Å². The Morgan fingerprint density at radius 1 is 1.33 bits per heavy atom. The highest BCUT2D eigenvalue weighted by Crippen LogP contribution is 2.36. The first-order valence-electron chi connectivity index (χ1n) is 11.8. The highest BCUT2D eigenvalue weighted by molar-refractivity contribution is 5.84. The molecule has 0 unspecified atom stereocenters. The predicted octanol–water partition coefficient (Wildman–Crippen LogP) is 2.87. The lowest BCUT2D eigenvalue weighted by molar-refractivity contribution is -0.148. The quantitative estimate of drug-likeness (QED) is 0.596. The van der Waals surface area contributed by atoms with E-state index in [-0.39, 0.29) is 18.0 Å². The molecule has 1 aliphatic carbocycles. The van der Waals surface area contributed by atoms with E-state index in [1.807, 2.05) is 4.90 Å². The van der Waals surface area contributed by atoms with Crippen molar-refractivity contribution in [3.63, 3.8) is 0 Å². The van der Waals surface area contributed by atoms with Gasteiger partial charge in [0.15, 0.2) is 0 Å². The van der Waals surface area contributed by atoms with Gasteiger partial charge in [-0.1, -0.05) is 11.6 Å². The fraction of sp³-hybridized carbons (Fsp3) is 0.560. The zero-order valence-corrected chi connectivity index (χ0v) is 19.7. The molecular formula is C25H34N4O4. The summed E-state index contributed by atoms with van der Waals surface area (Å²) in [5.41, 5.74) is 4.18. The molecule has 0 spiro atoms. The summed E-state index contributed by atoms with van der Waals surface area (Å²) in [6, 6.07) is 8.51. The number of fused-ring (bicyclic) bond motifs is 1. The Hall–Kier alpha value is -2.71. The number of alkyl carbamates (subject to hydrolysis) is 1. The Kier molecular flexibility index (Phi) is 7.45. The van der Waals surface area contributed by atoms with Gasteiger partial charge in [-0.15, -0.1) is 0 Å². The fourth-order valence-corrected chi connectivity index (χ4v) is 4.47. The number of morpholine rings is 1. The number of hydrogen-bond acceptors (Lipinski definition) is 6. The SMILES string of the molecule is COC(=O)NCCCc1cc([C@@H](C)N(C(=O)[C@H]2CNCCO2)C2CC2)nc2ccc(C)cc12. The van der Waals surface area contributed by atoms with Gasteiger partial charge in [-0.25, -0.2) is 4.79 Å². The Labute approximate surface area is 195 Å². The van der Waals surface area contributed by atoms with E-state index in [4.69, 9.17) is 9.72 Å². The maximum absolute atomic E-state index is 13.4. The maximum Gasteiger partial charge on any atom is 0.406 e. The average Bonchev–Trinajstić information content (AvgIpc) is 3.67. The van der Waals surface area contributed by atoms with E-state index in [0.29, 0.717) is 19.7 Å². The Morgan fingerprint density at radius 2 is 2.15 bits per heavy atom. The van der Waals surface area contributed by atoms with Crippen molar-refractivity contribution in [2.75, 3.05) is 33.4 Å². The highest BCUT2D eigenvalue weighted by Gasteiger charge is 2.40. The van der Waals surface area contributed by atoms with Gasteiger partial charge in [-0.3, -0.25) is 9.78 Å². The monoisotopic (exact) mass is 454 g/mol. The molecule has 2 N–H and O–H groups in total. The molecule has 8 heteroatoms. The van der Waals surface area contributed by atoms with Crippen LogP contribution < -0.4 is 10.6 Å². The number of aryl methyl sites for hydroxylation is 2. The molecule has 1 aromatic carbocycles. The molecule has 8 nitrogen and oxygen atoms in total. The molecular weight excluding hydrogens is 420 g/mol. The van der Waals surface area contributed by atoms with E-state index < -0.39 is 12.2 Å². The lowest BCUT2D eigenvalue weighted by atomic mass is 9.99. The minimum Gasteiger partial charge on any atom is -0.453 e. The molecule has 1 aliphatic heterocycles. The van der Waals surface area contributed by atoms with E-state index in [0.717, 1.165) is 48.8 Å². The standard InChI is InChI=1S/C25H34N4O4/c1-16-6-9-21-20(13-16)18(5-4-10-27-25(31)32-3)14-22(28-21)17(2)29(19-7-8-19)24(30)23-15-26-11-12-33-23/h6,9,13-14,17,19,23,26H,4-5,7-8,10-12,15H2,1-3H3,(H,27,31)/t17-,23-/m1/s1. The zero-order chi connectivity index (χ0) is 23.4. The van der Waals surface area contributed by atoms with Gasteiger partial charge in [-0.05, 0) is 63.3 Å². The van der Waals surface area contributed by atoms with Gasteiger partial charge in [0.05, 0.1) is 31.0 Å². The summed E-state index contributed by atoms with van der Waals surface area (Å²) < 4.78 is 10.4. The van der Waals surface area contributed by atoms with Crippen molar-refractivity contribution in [1.29, 1.82) is 0 Å². The van der Waals surface area contributed by atoms with E-state index in [2.05, 4.69) is 53.5 Å². The molecule has 1 aromatic heterocycles. The zero-order valence-electron chi connectivity index (χ0n) is 19.7. The Bertz CT molecular complexity index is 1000. The Morgan fingerprint density at radius 3 is 2.85 bits per heavy atom. The lowest BCUT2D eigenvalue weighted by Crippen LogP contribution is -2.50. The number of ether oxygens (including phenoxy) is 2. The predicted molar refractivity (Wildman–Crippen MR) is 126 cm³/mol. The summed E-state index contributed by atoms with van der Waals surface area (Å²) in [4.78, 5) is 31.7. The highest BCUT2D eigenvalue weighted by atomic mass is 16.5. The third-order valence-electron chi connectivity index (χ3n) is 6.39. The van der Waals surface area contributed by atoms with E-state index in [1.54, 1.807) is 0 Å². The van der Waals surface area contributed by atoms with Crippen LogP contribution in [0.3, 0.4) is 0 Å². The van der Waals surface area contributed by atoms with Crippen molar-refractivity contribution in [1.82, 2.24) is 20.5 Å². The number of carbonyl (C=O) groups excluding carboxylic acids is 2. The van der Waals surface area contributed by atoms with Crippen molar-refractivity contribution >= 4 is 22.9 Å². The number of nitrogens with one attached hydrogen (secondary N) is 2. The maximum atomic E-state index is 13.4. The van der Waals surface area contributed by atoms with Crippen LogP contribution >= 0.6 is 0 Å². The third kappa shape index (κ3) is 5.62. The second kappa shape index (κ2) is 10.5. The number of aromatic nitrogens is 1. The first-order valence-corrected chi connectivity index (χ1v) is 11.8. The molecule has 2 aromatic rings. The number of pyridine rings is 1. The number of carbonyl (C=O) groups is 2. The molecule has 0 bridgehead atoms. The minimum absolute atomic E-state index is 0.0480. The summed E-state index contributed by atoms with van der Waals surface area (Å²) in [7, 11) is 1.36. The van der Waals surface area contributed by atoms with Gasteiger partial charge in [0, 0.05) is 31.1 Å². The van der Waals surface area contributed by atoms with Crippen LogP contribution in [0.25, 0.3) is 10.9 Å². The topological polar surface area (TPSA) is 92.8 Å². The second-order valence-electron chi connectivity index (χ2n) is 8.96. The molecule has 33 heavy (non-hydrogen) atoms. The second-order valence-corrected chi connectivity index (χ2v) is 8.96. The lowest BCUT2D eigenvalue weighted by Gasteiger charge is -2.34. The number of methoxy groups -OCH3 is 1. The fourth-order valence-electron chi connectivity index (χ4n) is 4.47. The molecule has 1 saturated heterocycles. The van der Waals surface area contributed by atoms with Crippen LogP contribution in [-0.2, 0) is 20.7 Å². The van der Waals surface area contributed by atoms with Crippen molar-refractivity contribution < 1.29 is 19.1 Å². The van der Waals surface area contributed by atoms with Gasteiger partial charge in [0.2, 0.25) is 0 Å². The molecule has 2 amide bonds. The van der Waals surface area contributed by atoms with Crippen LogP contribution in [0, 0.1) is 6.92 Å². The minimum atomic E-state index is -0.436. The van der Waals surface area contributed by atoms with Crippen LogP contribution in [-0.4, -0.2) is 67.4 Å². The molecule has 178 valence electrons. The van der Waals surface area contributed by atoms with Crippen molar-refractivity contribution in [3.05, 3.63) is 41.1 Å². The number of rotatable bonds is 8. The van der Waals surface area contributed by atoms with Gasteiger partial charge in [-0.2, -0.15) is 0 Å². The summed E-state index contributed by atoms with van der Waals surface area (Å²) >= 11 is 0. The van der Waals surface area contributed by atoms with E-state index in [9.17, 15) is 9.59 Å². The molecule has 2 aliphatic rings. The summed E-state index contributed by atoms with van der Waals surface area (Å²) in [6.07, 6.45) is 2.76. The summed E-state index contributed by atoms with van der Waals surface area (Å²) in [5, 5.41) is 7.12. The van der Waals surface area contributed by atoms with Crippen LogP contribution in [0.15, 0.2) is 24.3 Å². The number of benzene rings is 1. The first kappa shape index (κ1) is 23.4. The van der Waals surface area contributed by atoms with Crippen LogP contribution in [0.5, 0.6) is 0 Å². The molecule has 2 fully saturated rings. The molecule has 4 rings (SSSR count). The Balaban J connectivity index is 1.59. The average molecular weight is 455 g/mol. The summed E-state index contributed by atoms with van der Waals surface area (Å²) in [5.74, 6) is 0.0480. The smallest absolute Gasteiger partial charge is 0.406 e. The third-order valence-corrected chi connectivity index (χ3v) is 6.39. The van der Waals surface area contributed by atoms with Gasteiger partial charge in [0.1, 0.15) is 6.10 Å². The van der Waals surface area contributed by atoms with Crippen LogP contribution in [0.1, 0.15) is 49.0 Å². The number of hydrogen-bond donors (Lipinski definition) is 2. The van der Waals surface area contributed by atoms with Crippen molar-refractivity contribution in [2.45, 2.75) is 57.7 Å². The van der Waals surface area contributed by atoms with E-state index in [1.165, 1.54) is 18.2 Å².